The number of rotatable bonds is 3. The molecule has 0 N–H and O–H groups in total. The normalized spacial score (nSPS) is 36.8. The Labute approximate surface area is 151 Å². The first-order chi connectivity index (χ1) is 12.1. The third-order valence-corrected chi connectivity index (χ3v) is 7.33. The van der Waals surface area contributed by atoms with Gasteiger partial charge in [0, 0.05) is 12.8 Å². The molecule has 2 saturated heterocycles. The molecule has 2 heterocycles. The summed E-state index contributed by atoms with van der Waals surface area (Å²) in [7, 11) is 4.66. The Kier molecular flexibility index (Phi) is 4.61. The Morgan fingerprint density at radius 1 is 1.00 bits per heavy atom. The average Bonchev–Trinajstić information content (AvgIpc) is 2.78. The lowest BCUT2D eigenvalue weighted by atomic mass is 9.75. The van der Waals surface area contributed by atoms with E-state index in [4.69, 9.17) is 4.74 Å². The molecular formula is C22H32NO2+. The SMILES string of the molecule is C[N+]1(C)[C@H]2CCC[C@@H]1[C@H](OC(=O)C1CCCCC1c1ccccc1)C2. The Balaban J connectivity index is 1.48. The van der Waals surface area contributed by atoms with E-state index in [0.717, 1.165) is 30.2 Å². The summed E-state index contributed by atoms with van der Waals surface area (Å²) in [4.78, 5) is 13.1. The van der Waals surface area contributed by atoms with Crippen LogP contribution in [0.15, 0.2) is 30.3 Å². The van der Waals surface area contributed by atoms with Crippen LogP contribution in [0.3, 0.4) is 0 Å². The van der Waals surface area contributed by atoms with Gasteiger partial charge in [-0.05, 0) is 37.2 Å². The van der Waals surface area contributed by atoms with Crippen LogP contribution in [0.1, 0.15) is 62.8 Å². The molecule has 0 amide bonds. The van der Waals surface area contributed by atoms with Gasteiger partial charge in [-0.25, -0.2) is 0 Å². The molecule has 1 saturated carbocycles. The number of hydrogen-bond donors (Lipinski definition) is 0. The maximum absolute atomic E-state index is 13.1. The standard InChI is InChI=1S/C22H32NO2/c1-23(2)17-11-8-14-20(23)21(15-17)25-22(24)19-13-7-6-12-18(19)16-9-4-3-5-10-16/h3-5,9-10,17-21H,6-8,11-15H2,1-2H3/q+1/t17-,18?,19?,20+,21+/m0/s1. The van der Waals surface area contributed by atoms with Crippen molar-refractivity contribution in [1.29, 1.82) is 0 Å². The number of hydrogen-bond acceptors (Lipinski definition) is 2. The van der Waals surface area contributed by atoms with Crippen molar-refractivity contribution in [1.82, 2.24) is 0 Å². The van der Waals surface area contributed by atoms with E-state index in [9.17, 15) is 4.79 Å². The number of carbonyl (C=O) groups is 1. The number of piperidine rings is 1. The van der Waals surface area contributed by atoms with Crippen LogP contribution in [0, 0.1) is 5.92 Å². The van der Waals surface area contributed by atoms with Crippen LogP contribution in [-0.4, -0.2) is 42.7 Å². The second-order valence-corrected chi connectivity index (χ2v) is 8.90. The molecular weight excluding hydrogens is 310 g/mol. The number of esters is 1. The first-order valence-corrected chi connectivity index (χ1v) is 10.2. The van der Waals surface area contributed by atoms with Gasteiger partial charge < -0.3 is 9.22 Å². The largest absolute Gasteiger partial charge is 0.456 e. The minimum atomic E-state index is 0.0483. The molecule has 3 fully saturated rings. The van der Waals surface area contributed by atoms with Gasteiger partial charge in [-0.3, -0.25) is 4.79 Å². The lowest BCUT2D eigenvalue weighted by Crippen LogP contribution is -2.54. The average molecular weight is 343 g/mol. The van der Waals surface area contributed by atoms with Crippen molar-refractivity contribution in [3.8, 4) is 0 Å². The predicted octanol–water partition coefficient (Wildman–Crippen LogP) is 4.27. The molecule has 1 aromatic carbocycles. The van der Waals surface area contributed by atoms with Crippen LogP contribution in [0.2, 0.25) is 0 Å². The first kappa shape index (κ1) is 17.1. The molecule has 136 valence electrons. The van der Waals surface area contributed by atoms with Gasteiger partial charge in [-0.15, -0.1) is 0 Å². The molecule has 0 radical (unpaired) electrons. The highest BCUT2D eigenvalue weighted by Gasteiger charge is 2.54. The second-order valence-electron chi connectivity index (χ2n) is 8.90. The number of likely N-dealkylation sites (N-methyl/N-ethyl adjacent to an activating group) is 1. The zero-order valence-electron chi connectivity index (χ0n) is 15.7. The summed E-state index contributed by atoms with van der Waals surface area (Å²) >= 11 is 0. The van der Waals surface area contributed by atoms with Crippen LogP contribution in [-0.2, 0) is 9.53 Å². The van der Waals surface area contributed by atoms with Gasteiger partial charge in [0.15, 0.2) is 6.10 Å². The van der Waals surface area contributed by atoms with E-state index in [1.54, 1.807) is 0 Å². The van der Waals surface area contributed by atoms with E-state index in [2.05, 4.69) is 44.4 Å². The summed E-state index contributed by atoms with van der Waals surface area (Å²) in [5, 5.41) is 0. The van der Waals surface area contributed by atoms with Crippen molar-refractivity contribution in [2.75, 3.05) is 14.1 Å². The third kappa shape index (κ3) is 3.12. The second kappa shape index (κ2) is 6.75. The predicted molar refractivity (Wildman–Crippen MR) is 99.2 cm³/mol. The zero-order valence-corrected chi connectivity index (χ0v) is 15.7. The molecule has 0 spiro atoms. The molecule has 3 heteroatoms. The number of fused-ring (bicyclic) bond motifs is 2. The summed E-state index contributed by atoms with van der Waals surface area (Å²) in [6.45, 7) is 0. The molecule has 3 aliphatic rings. The maximum atomic E-state index is 13.1. The van der Waals surface area contributed by atoms with Crippen molar-refractivity contribution in [2.45, 2.75) is 75.5 Å². The summed E-state index contributed by atoms with van der Waals surface area (Å²) < 4.78 is 7.24. The Bertz CT molecular complexity index is 612. The molecule has 1 aromatic rings. The van der Waals surface area contributed by atoms with Gasteiger partial charge in [0.1, 0.15) is 6.04 Å². The molecule has 2 bridgehead atoms. The van der Waals surface area contributed by atoms with Gasteiger partial charge >= 0.3 is 5.97 Å². The van der Waals surface area contributed by atoms with Gasteiger partial charge in [0.05, 0.1) is 26.1 Å². The number of ether oxygens (including phenoxy) is 1. The van der Waals surface area contributed by atoms with E-state index in [1.807, 2.05) is 0 Å². The molecule has 2 aliphatic heterocycles. The van der Waals surface area contributed by atoms with Crippen molar-refractivity contribution in [3.63, 3.8) is 0 Å². The van der Waals surface area contributed by atoms with Gasteiger partial charge in [0.25, 0.3) is 0 Å². The fourth-order valence-corrected chi connectivity index (χ4v) is 5.80. The monoisotopic (exact) mass is 342 g/mol. The minimum absolute atomic E-state index is 0.0483. The van der Waals surface area contributed by atoms with E-state index < -0.39 is 0 Å². The molecule has 3 nitrogen and oxygen atoms in total. The number of nitrogens with zero attached hydrogens (tertiary/aromatic N) is 1. The van der Waals surface area contributed by atoms with E-state index in [0.29, 0.717) is 18.0 Å². The van der Waals surface area contributed by atoms with Crippen LogP contribution in [0.25, 0.3) is 0 Å². The van der Waals surface area contributed by atoms with Crippen molar-refractivity contribution < 1.29 is 14.0 Å². The van der Waals surface area contributed by atoms with Gasteiger partial charge in [-0.1, -0.05) is 43.2 Å². The number of benzene rings is 1. The highest BCUT2D eigenvalue weighted by molar-refractivity contribution is 5.74. The summed E-state index contributed by atoms with van der Waals surface area (Å²) in [6.07, 6.45) is 9.45. The topological polar surface area (TPSA) is 26.3 Å². The van der Waals surface area contributed by atoms with Crippen LogP contribution in [0.5, 0.6) is 0 Å². The molecule has 5 atom stereocenters. The molecule has 2 unspecified atom stereocenters. The van der Waals surface area contributed by atoms with Gasteiger partial charge in [-0.2, -0.15) is 0 Å². The smallest absolute Gasteiger partial charge is 0.310 e. The number of quaternary nitrogens is 1. The van der Waals surface area contributed by atoms with Crippen molar-refractivity contribution >= 4 is 5.97 Å². The lowest BCUT2D eigenvalue weighted by Gasteiger charge is -2.41. The van der Waals surface area contributed by atoms with Crippen molar-refractivity contribution in [3.05, 3.63) is 35.9 Å². The first-order valence-electron chi connectivity index (χ1n) is 10.2. The molecule has 1 aliphatic carbocycles. The van der Waals surface area contributed by atoms with Crippen LogP contribution < -0.4 is 0 Å². The Morgan fingerprint density at radius 3 is 2.52 bits per heavy atom. The molecule has 4 rings (SSSR count). The number of carbonyl (C=O) groups excluding carboxylic acids is 1. The zero-order chi connectivity index (χ0) is 17.4. The fraction of sp³-hybridized carbons (Fsp3) is 0.682. The quantitative estimate of drug-likeness (QED) is 0.605. The highest BCUT2D eigenvalue weighted by Crippen LogP contribution is 2.43. The van der Waals surface area contributed by atoms with E-state index in [-0.39, 0.29) is 18.0 Å². The molecule has 0 aromatic heterocycles. The fourth-order valence-electron chi connectivity index (χ4n) is 5.80. The van der Waals surface area contributed by atoms with Crippen LogP contribution in [0.4, 0.5) is 0 Å². The van der Waals surface area contributed by atoms with Crippen molar-refractivity contribution in [2.24, 2.45) is 5.92 Å². The molecule has 25 heavy (non-hydrogen) atoms. The highest BCUT2D eigenvalue weighted by atomic mass is 16.5. The van der Waals surface area contributed by atoms with Crippen LogP contribution >= 0.6 is 0 Å². The Hall–Kier alpha value is -1.35. The van der Waals surface area contributed by atoms with Gasteiger partial charge in [0.2, 0.25) is 0 Å². The summed E-state index contributed by atoms with van der Waals surface area (Å²) in [6, 6.07) is 11.8. The minimum Gasteiger partial charge on any atom is -0.456 e. The van der Waals surface area contributed by atoms with E-state index in [1.165, 1.54) is 31.2 Å². The Morgan fingerprint density at radius 2 is 1.76 bits per heavy atom. The lowest BCUT2D eigenvalue weighted by molar-refractivity contribution is -0.931. The maximum Gasteiger partial charge on any atom is 0.310 e. The summed E-state index contributed by atoms with van der Waals surface area (Å²) in [5.74, 6) is 0.462. The summed E-state index contributed by atoms with van der Waals surface area (Å²) in [5.41, 5.74) is 1.31. The van der Waals surface area contributed by atoms with E-state index >= 15 is 0 Å². The third-order valence-electron chi connectivity index (χ3n) is 7.33.